The van der Waals surface area contributed by atoms with E-state index in [2.05, 4.69) is 37.2 Å². The van der Waals surface area contributed by atoms with E-state index in [4.69, 9.17) is 14.2 Å². The van der Waals surface area contributed by atoms with Crippen LogP contribution in [0.15, 0.2) is 28.8 Å². The zero-order valence-corrected chi connectivity index (χ0v) is 29.6. The quantitative estimate of drug-likeness (QED) is 0.0730. The number of benzene rings is 1. The van der Waals surface area contributed by atoms with Gasteiger partial charge in [-0.25, -0.2) is 4.79 Å². The molecule has 0 bridgehead atoms. The maximum atomic E-state index is 12.7. The molecule has 4 amide bonds. The first kappa shape index (κ1) is 40.4. The Bertz CT molecular complexity index is 1240. The van der Waals surface area contributed by atoms with Gasteiger partial charge in [0.15, 0.2) is 0 Å². The van der Waals surface area contributed by atoms with E-state index in [-0.39, 0.29) is 41.7 Å². The second-order valence-corrected chi connectivity index (χ2v) is 13.6. The van der Waals surface area contributed by atoms with Crippen LogP contribution in [0.1, 0.15) is 73.3 Å². The molecule has 46 heavy (non-hydrogen) atoms. The topological polar surface area (TPSA) is 181 Å². The van der Waals surface area contributed by atoms with Gasteiger partial charge < -0.3 is 40.6 Å². The number of hydrogen-bond donors (Lipinski definition) is 5. The van der Waals surface area contributed by atoms with Crippen LogP contribution in [0.2, 0.25) is 0 Å². The fourth-order valence-electron chi connectivity index (χ4n) is 3.94. The van der Waals surface area contributed by atoms with Crippen molar-refractivity contribution in [3.8, 4) is 5.75 Å². The van der Waals surface area contributed by atoms with Crippen LogP contribution in [0.3, 0.4) is 0 Å². The molecule has 1 aromatic rings. The Balaban J connectivity index is 2.82. The van der Waals surface area contributed by atoms with Gasteiger partial charge in [0, 0.05) is 38.7 Å². The Morgan fingerprint density at radius 2 is 1.63 bits per heavy atom. The first-order chi connectivity index (χ1) is 21.3. The Hall–Kier alpha value is -3.65. The average Bonchev–Trinajstić information content (AvgIpc) is 2.90. The number of phenols is 1. The van der Waals surface area contributed by atoms with Crippen molar-refractivity contribution < 1.29 is 43.3 Å². The minimum absolute atomic E-state index is 0.0442. The molecular weight excluding hydrogens is 664 g/mol. The van der Waals surface area contributed by atoms with Gasteiger partial charge in [-0.1, -0.05) is 13.0 Å². The third-order valence-corrected chi connectivity index (χ3v) is 6.52. The van der Waals surface area contributed by atoms with Crippen LogP contribution < -0.4 is 21.3 Å². The lowest BCUT2D eigenvalue weighted by molar-refractivity contribution is -0.159. The molecule has 0 spiro atoms. The molecule has 1 aromatic carbocycles. The van der Waals surface area contributed by atoms with E-state index in [1.54, 1.807) is 60.6 Å². The highest BCUT2D eigenvalue weighted by molar-refractivity contribution is 9.12. The molecule has 0 radical (unpaired) electrons. The van der Waals surface area contributed by atoms with E-state index in [1.807, 2.05) is 0 Å². The zero-order valence-electron chi connectivity index (χ0n) is 28.0. The number of esters is 1. The van der Waals surface area contributed by atoms with E-state index in [0.29, 0.717) is 25.1 Å². The number of phenolic OH excluding ortho intramolecular Hbond substituents is 1. The smallest absolute Gasteiger partial charge is 0.407 e. The summed E-state index contributed by atoms with van der Waals surface area (Å²) < 4.78 is 15.8. The van der Waals surface area contributed by atoms with Crippen molar-refractivity contribution in [1.29, 1.82) is 0 Å². The highest BCUT2D eigenvalue weighted by Gasteiger charge is 2.27. The van der Waals surface area contributed by atoms with Gasteiger partial charge in [0.2, 0.25) is 11.8 Å². The average molecular weight is 714 g/mol. The van der Waals surface area contributed by atoms with Crippen LogP contribution >= 0.6 is 15.9 Å². The molecule has 0 saturated heterocycles. The summed E-state index contributed by atoms with van der Waals surface area (Å²) in [4.78, 5) is 61.8. The van der Waals surface area contributed by atoms with Gasteiger partial charge in [-0.2, -0.15) is 0 Å². The van der Waals surface area contributed by atoms with Crippen LogP contribution in [-0.4, -0.2) is 78.9 Å². The molecule has 0 aliphatic heterocycles. The van der Waals surface area contributed by atoms with Crippen molar-refractivity contribution in [2.75, 3.05) is 32.1 Å². The molecule has 14 heteroatoms. The van der Waals surface area contributed by atoms with Crippen LogP contribution in [-0.2, 0) is 39.8 Å². The molecule has 0 fully saturated rings. The van der Waals surface area contributed by atoms with E-state index in [1.165, 1.54) is 13.2 Å². The monoisotopic (exact) mass is 712 g/mol. The Morgan fingerprint density at radius 3 is 2.24 bits per heavy atom. The summed E-state index contributed by atoms with van der Waals surface area (Å²) in [6, 6.07) is 4.16. The summed E-state index contributed by atoms with van der Waals surface area (Å²) in [5.41, 5.74) is -0.528. The number of amides is 4. The number of nitrogens with one attached hydrogen (secondary N) is 4. The molecule has 0 heterocycles. The normalized spacial score (nSPS) is 13.2. The molecule has 13 nitrogen and oxygen atoms in total. The maximum absolute atomic E-state index is 12.7. The van der Waals surface area contributed by atoms with Gasteiger partial charge in [0.1, 0.15) is 17.0 Å². The standard InChI is InChI=1S/C32H49BrN4O9/c1-20(29(42)45-31(2,3)4)16-22(36-30(43)46-32(5,6)7)17-21-11-12-25(38)24(18-21)37-26(39)10-9-13-34-27(40)19-23(33)28(41)35-14-15-44-8/h11-12,18-20,22,38H,9-10,13-17H2,1-8H3,(H,34,40)(H,35,41)(H,36,43)(H,37,39)/b23-19+/t20-,22-/m1/s1. The van der Waals surface area contributed by atoms with Crippen molar-refractivity contribution in [1.82, 2.24) is 16.0 Å². The van der Waals surface area contributed by atoms with Crippen LogP contribution in [0.5, 0.6) is 5.75 Å². The first-order valence-electron chi connectivity index (χ1n) is 15.1. The summed E-state index contributed by atoms with van der Waals surface area (Å²) >= 11 is 3.06. The van der Waals surface area contributed by atoms with Crippen LogP contribution in [0, 0.1) is 5.92 Å². The summed E-state index contributed by atoms with van der Waals surface area (Å²) in [6.45, 7) is 13.1. The highest BCUT2D eigenvalue weighted by Crippen LogP contribution is 2.26. The number of aromatic hydroxyl groups is 1. The summed E-state index contributed by atoms with van der Waals surface area (Å²) in [5.74, 6) is -2.44. The van der Waals surface area contributed by atoms with Crippen LogP contribution in [0.4, 0.5) is 10.5 Å². The maximum Gasteiger partial charge on any atom is 0.407 e. The third-order valence-electron chi connectivity index (χ3n) is 5.93. The van der Waals surface area contributed by atoms with E-state index in [9.17, 15) is 29.1 Å². The number of halogens is 1. The van der Waals surface area contributed by atoms with Crippen molar-refractivity contribution in [3.63, 3.8) is 0 Å². The number of methoxy groups -OCH3 is 1. The van der Waals surface area contributed by atoms with Crippen molar-refractivity contribution in [2.45, 2.75) is 91.4 Å². The molecule has 1 rings (SSSR count). The minimum atomic E-state index is -0.724. The molecular formula is C32H49BrN4O9. The highest BCUT2D eigenvalue weighted by atomic mass is 79.9. The fourth-order valence-corrected chi connectivity index (χ4v) is 4.29. The molecule has 0 saturated carbocycles. The SMILES string of the molecule is COCCNC(=O)/C(Br)=C\C(=O)NCCCC(=O)Nc1cc(C[C@@H](C[C@@H](C)C(=O)OC(C)(C)C)NC(=O)OC(C)(C)C)ccc1O. The molecule has 258 valence electrons. The van der Waals surface area contributed by atoms with Gasteiger partial charge in [0.05, 0.1) is 22.7 Å². The second kappa shape index (κ2) is 19.1. The number of hydrogen-bond acceptors (Lipinski definition) is 9. The van der Waals surface area contributed by atoms with E-state index >= 15 is 0 Å². The first-order valence-corrected chi connectivity index (χ1v) is 15.8. The lowest BCUT2D eigenvalue weighted by Crippen LogP contribution is -2.42. The molecule has 2 atom stereocenters. The van der Waals surface area contributed by atoms with Gasteiger partial charge >= 0.3 is 12.1 Å². The van der Waals surface area contributed by atoms with Gasteiger partial charge in [0.25, 0.3) is 5.91 Å². The molecule has 5 N–H and O–H groups in total. The summed E-state index contributed by atoms with van der Waals surface area (Å²) in [5, 5.41) is 21.1. The largest absolute Gasteiger partial charge is 0.506 e. The number of alkyl carbamates (subject to hydrolysis) is 1. The molecule has 0 aromatic heterocycles. The van der Waals surface area contributed by atoms with E-state index in [0.717, 1.165) is 6.08 Å². The predicted octanol–water partition coefficient (Wildman–Crippen LogP) is 4.07. The lowest BCUT2D eigenvalue weighted by atomic mass is 9.95. The molecule has 0 aliphatic rings. The van der Waals surface area contributed by atoms with Crippen molar-refractivity contribution in [3.05, 3.63) is 34.3 Å². The van der Waals surface area contributed by atoms with Gasteiger partial charge in [-0.15, -0.1) is 0 Å². The number of anilines is 1. The third kappa shape index (κ3) is 17.7. The second-order valence-electron chi connectivity index (χ2n) is 12.8. The minimum Gasteiger partial charge on any atom is -0.506 e. The fraction of sp³-hybridized carbons (Fsp3) is 0.594. The molecule has 0 unspecified atom stereocenters. The Labute approximate surface area is 279 Å². The predicted molar refractivity (Wildman–Crippen MR) is 177 cm³/mol. The number of ether oxygens (including phenoxy) is 3. The Morgan fingerprint density at radius 1 is 0.978 bits per heavy atom. The molecule has 0 aliphatic carbocycles. The van der Waals surface area contributed by atoms with Crippen LogP contribution in [0.25, 0.3) is 0 Å². The lowest BCUT2D eigenvalue weighted by Gasteiger charge is -2.27. The van der Waals surface area contributed by atoms with E-state index < -0.39 is 52.9 Å². The van der Waals surface area contributed by atoms with Gasteiger partial charge in [-0.3, -0.25) is 19.2 Å². The van der Waals surface area contributed by atoms with Gasteiger partial charge in [-0.05, 0) is 94.4 Å². The summed E-state index contributed by atoms with van der Waals surface area (Å²) in [7, 11) is 1.51. The number of carbonyl (C=O) groups excluding carboxylic acids is 5. The number of rotatable bonds is 16. The number of carbonyl (C=O) groups is 5. The Kier molecular flexibility index (Phi) is 16.8. The zero-order chi connectivity index (χ0) is 35.1. The van der Waals surface area contributed by atoms with Crippen molar-refractivity contribution in [2.24, 2.45) is 5.92 Å². The van der Waals surface area contributed by atoms with Crippen molar-refractivity contribution >= 4 is 51.4 Å². The summed E-state index contributed by atoms with van der Waals surface area (Å²) in [6.07, 6.45) is 1.34.